The van der Waals surface area contributed by atoms with E-state index < -0.39 is 0 Å². The summed E-state index contributed by atoms with van der Waals surface area (Å²) in [5.74, 6) is 0. The highest BCUT2D eigenvalue weighted by Crippen LogP contribution is 2.15. The molecule has 0 aromatic rings. The van der Waals surface area contributed by atoms with Crippen LogP contribution >= 0.6 is 11.6 Å². The number of alkyl halides is 1. The van der Waals surface area contributed by atoms with Crippen LogP contribution in [0.25, 0.3) is 0 Å². The van der Waals surface area contributed by atoms with E-state index in [1.54, 1.807) is 0 Å². The van der Waals surface area contributed by atoms with Crippen LogP contribution < -0.4 is 0 Å². The number of unbranched alkanes of at least 4 members (excludes halogenated alkanes) is 1. The molecule has 0 aromatic heterocycles. The molecule has 11 heavy (non-hydrogen) atoms. The molecule has 0 amide bonds. The van der Waals surface area contributed by atoms with Crippen LogP contribution in [0.3, 0.4) is 0 Å². The average Bonchev–Trinajstić information content (AvgIpc) is 2.01. The van der Waals surface area contributed by atoms with Gasteiger partial charge in [-0.3, -0.25) is 0 Å². The lowest BCUT2D eigenvalue weighted by atomic mass is 10.1. The van der Waals surface area contributed by atoms with Gasteiger partial charge in [-0.1, -0.05) is 13.3 Å². The normalized spacial score (nSPS) is 27.3. The van der Waals surface area contributed by atoms with Crippen molar-refractivity contribution in [3.8, 4) is 0 Å². The Labute approximate surface area is 74.7 Å². The maximum absolute atomic E-state index is 6.05. The molecule has 1 fully saturated rings. The Morgan fingerprint density at radius 3 is 3.00 bits per heavy atom. The quantitative estimate of drug-likeness (QED) is 0.596. The first kappa shape index (κ1) is 9.34. The summed E-state index contributed by atoms with van der Waals surface area (Å²) in [4.78, 5) is 2.49. The van der Waals surface area contributed by atoms with Crippen molar-refractivity contribution in [3.63, 3.8) is 0 Å². The average molecular weight is 176 g/mol. The van der Waals surface area contributed by atoms with Crippen LogP contribution in [0.15, 0.2) is 0 Å². The first-order chi connectivity index (χ1) is 5.33. The summed E-state index contributed by atoms with van der Waals surface area (Å²) < 4.78 is 0. The third kappa shape index (κ3) is 3.44. The van der Waals surface area contributed by atoms with E-state index in [0.717, 1.165) is 6.54 Å². The fourth-order valence-electron chi connectivity index (χ4n) is 1.58. The van der Waals surface area contributed by atoms with Crippen molar-refractivity contribution in [2.45, 2.75) is 38.0 Å². The van der Waals surface area contributed by atoms with Crippen molar-refractivity contribution >= 4 is 11.6 Å². The highest BCUT2D eigenvalue weighted by molar-refractivity contribution is 6.20. The molecule has 0 N–H and O–H groups in total. The molecule has 1 aliphatic rings. The van der Waals surface area contributed by atoms with Crippen LogP contribution in [-0.2, 0) is 0 Å². The molecule has 0 bridgehead atoms. The van der Waals surface area contributed by atoms with Gasteiger partial charge in [0.1, 0.15) is 0 Å². The van der Waals surface area contributed by atoms with Gasteiger partial charge in [-0.25, -0.2) is 0 Å². The van der Waals surface area contributed by atoms with Gasteiger partial charge in [-0.05, 0) is 32.4 Å². The molecule has 66 valence electrons. The molecule has 1 heterocycles. The van der Waals surface area contributed by atoms with Gasteiger partial charge in [0.2, 0.25) is 0 Å². The van der Waals surface area contributed by atoms with E-state index >= 15 is 0 Å². The molecular formula is C9H18ClN. The van der Waals surface area contributed by atoms with E-state index in [1.165, 1.54) is 38.8 Å². The molecular weight excluding hydrogens is 158 g/mol. The van der Waals surface area contributed by atoms with Crippen LogP contribution in [0.1, 0.15) is 32.6 Å². The highest BCUT2D eigenvalue weighted by atomic mass is 35.5. The third-order valence-electron chi connectivity index (χ3n) is 2.28. The molecule has 0 radical (unpaired) electrons. The van der Waals surface area contributed by atoms with Gasteiger partial charge in [0.25, 0.3) is 0 Å². The molecule has 1 saturated heterocycles. The molecule has 0 saturated carbocycles. The van der Waals surface area contributed by atoms with Crippen LogP contribution in [-0.4, -0.2) is 29.9 Å². The van der Waals surface area contributed by atoms with Crippen molar-refractivity contribution in [2.24, 2.45) is 0 Å². The molecule has 1 unspecified atom stereocenters. The fourth-order valence-corrected chi connectivity index (χ4v) is 1.93. The number of rotatable bonds is 3. The first-order valence-electron chi connectivity index (χ1n) is 4.69. The predicted molar refractivity (Wildman–Crippen MR) is 50.2 cm³/mol. The van der Waals surface area contributed by atoms with Crippen molar-refractivity contribution in [1.29, 1.82) is 0 Å². The molecule has 1 atom stereocenters. The zero-order valence-electron chi connectivity index (χ0n) is 7.35. The molecule has 1 rings (SSSR count). The summed E-state index contributed by atoms with van der Waals surface area (Å²) >= 11 is 6.05. The predicted octanol–water partition coefficient (Wildman–Crippen LogP) is 2.49. The van der Waals surface area contributed by atoms with Crippen LogP contribution in [0.4, 0.5) is 0 Å². The monoisotopic (exact) mass is 175 g/mol. The second kappa shape index (κ2) is 5.00. The lowest BCUT2D eigenvalue weighted by Gasteiger charge is -2.29. The van der Waals surface area contributed by atoms with E-state index in [2.05, 4.69) is 11.8 Å². The Hall–Kier alpha value is 0.250. The summed E-state index contributed by atoms with van der Waals surface area (Å²) in [7, 11) is 0. The lowest BCUT2D eigenvalue weighted by molar-refractivity contribution is 0.229. The number of likely N-dealkylation sites (tertiary alicyclic amines) is 1. The smallest absolute Gasteiger partial charge is 0.0463 e. The summed E-state index contributed by atoms with van der Waals surface area (Å²) in [6.07, 6.45) is 5.12. The van der Waals surface area contributed by atoms with E-state index in [0.29, 0.717) is 5.38 Å². The molecule has 0 spiro atoms. The Morgan fingerprint density at radius 1 is 1.55 bits per heavy atom. The van der Waals surface area contributed by atoms with E-state index in [-0.39, 0.29) is 0 Å². The fraction of sp³-hybridized carbons (Fsp3) is 1.00. The minimum absolute atomic E-state index is 0.417. The zero-order chi connectivity index (χ0) is 8.10. The number of hydrogen-bond donors (Lipinski definition) is 0. The number of hydrogen-bond acceptors (Lipinski definition) is 1. The third-order valence-corrected chi connectivity index (χ3v) is 2.63. The van der Waals surface area contributed by atoms with Gasteiger partial charge in [0.05, 0.1) is 0 Å². The highest BCUT2D eigenvalue weighted by Gasteiger charge is 2.16. The second-order valence-corrected chi connectivity index (χ2v) is 4.01. The number of nitrogens with zero attached hydrogens (tertiary/aromatic N) is 1. The summed E-state index contributed by atoms with van der Waals surface area (Å²) in [6.45, 7) is 5.87. The molecule has 1 aliphatic heterocycles. The van der Waals surface area contributed by atoms with E-state index in [4.69, 9.17) is 11.6 Å². The summed E-state index contributed by atoms with van der Waals surface area (Å²) in [5.41, 5.74) is 0. The maximum atomic E-state index is 6.05. The van der Waals surface area contributed by atoms with Gasteiger partial charge >= 0.3 is 0 Å². The van der Waals surface area contributed by atoms with Gasteiger partial charge in [0.15, 0.2) is 0 Å². The van der Waals surface area contributed by atoms with Crippen LogP contribution in [0, 0.1) is 0 Å². The Morgan fingerprint density at radius 2 is 2.36 bits per heavy atom. The van der Waals surface area contributed by atoms with Gasteiger partial charge in [0, 0.05) is 11.9 Å². The Bertz CT molecular complexity index is 106. The first-order valence-corrected chi connectivity index (χ1v) is 5.13. The van der Waals surface area contributed by atoms with Gasteiger partial charge in [-0.2, -0.15) is 0 Å². The zero-order valence-corrected chi connectivity index (χ0v) is 8.11. The maximum Gasteiger partial charge on any atom is 0.0463 e. The molecule has 0 aliphatic carbocycles. The molecule has 1 nitrogen and oxygen atoms in total. The lowest BCUT2D eigenvalue weighted by Crippen LogP contribution is -2.36. The minimum Gasteiger partial charge on any atom is -0.302 e. The summed E-state index contributed by atoms with van der Waals surface area (Å²) in [6, 6.07) is 0. The molecule has 0 aromatic carbocycles. The van der Waals surface area contributed by atoms with Crippen molar-refractivity contribution in [3.05, 3.63) is 0 Å². The largest absolute Gasteiger partial charge is 0.302 e. The molecule has 2 heteroatoms. The second-order valence-electron chi connectivity index (χ2n) is 3.39. The van der Waals surface area contributed by atoms with Gasteiger partial charge < -0.3 is 4.90 Å². The van der Waals surface area contributed by atoms with Crippen molar-refractivity contribution in [1.82, 2.24) is 4.90 Å². The topological polar surface area (TPSA) is 3.24 Å². The van der Waals surface area contributed by atoms with E-state index in [9.17, 15) is 0 Å². The van der Waals surface area contributed by atoms with Crippen molar-refractivity contribution < 1.29 is 0 Å². The van der Waals surface area contributed by atoms with Gasteiger partial charge in [-0.15, -0.1) is 11.6 Å². The standard InChI is InChI=1S/C9H18ClN/c1-2-3-6-11-7-4-5-9(10)8-11/h9H,2-8H2,1H3. The Balaban J connectivity index is 2.12. The SMILES string of the molecule is CCCCN1CCCC(Cl)C1. The summed E-state index contributed by atoms with van der Waals surface area (Å²) in [5, 5.41) is 0.417. The van der Waals surface area contributed by atoms with Crippen LogP contribution in [0.5, 0.6) is 0 Å². The number of halogens is 1. The van der Waals surface area contributed by atoms with Crippen molar-refractivity contribution in [2.75, 3.05) is 19.6 Å². The Kier molecular flexibility index (Phi) is 4.24. The number of piperidine rings is 1. The minimum atomic E-state index is 0.417. The van der Waals surface area contributed by atoms with E-state index in [1.807, 2.05) is 0 Å². The van der Waals surface area contributed by atoms with Crippen LogP contribution in [0.2, 0.25) is 0 Å².